The summed E-state index contributed by atoms with van der Waals surface area (Å²) < 4.78 is 14.4. The summed E-state index contributed by atoms with van der Waals surface area (Å²) in [5.74, 6) is 1.89. The Hall–Kier alpha value is -1.66. The second-order valence-electron chi connectivity index (χ2n) is 10.3. The van der Waals surface area contributed by atoms with E-state index < -0.39 is 10.8 Å². The summed E-state index contributed by atoms with van der Waals surface area (Å²) in [6.07, 6.45) is 12.9. The van der Waals surface area contributed by atoms with Crippen LogP contribution in [0.3, 0.4) is 0 Å². The molecule has 0 aliphatic carbocycles. The highest BCUT2D eigenvalue weighted by atomic mass is 35.5. The van der Waals surface area contributed by atoms with Crippen molar-refractivity contribution in [3.8, 4) is 11.4 Å². The van der Waals surface area contributed by atoms with Gasteiger partial charge in [-0.15, -0.1) is 5.10 Å². The van der Waals surface area contributed by atoms with Gasteiger partial charge in [-0.1, -0.05) is 121 Å². The van der Waals surface area contributed by atoms with Crippen LogP contribution in [0, 0.1) is 0 Å². The van der Waals surface area contributed by atoms with Crippen LogP contribution >= 0.6 is 11.6 Å². The minimum Gasteiger partial charge on any atom is -0.278 e. The van der Waals surface area contributed by atoms with Gasteiger partial charge in [0, 0.05) is 33.3 Å². The topological polar surface area (TPSA) is 63.0 Å². The number of H-pyrrole nitrogens is 1. The molecular formula is C27H41ClN4OS. The molecule has 2 aromatic heterocycles. The van der Waals surface area contributed by atoms with E-state index in [2.05, 4.69) is 37.9 Å². The summed E-state index contributed by atoms with van der Waals surface area (Å²) in [5.41, 5.74) is 3.37. The van der Waals surface area contributed by atoms with Crippen LogP contribution in [0.4, 0.5) is 0 Å². The van der Waals surface area contributed by atoms with E-state index in [1.165, 1.54) is 57.8 Å². The molecular weight excluding hydrogens is 464 g/mol. The van der Waals surface area contributed by atoms with Crippen molar-refractivity contribution in [2.24, 2.45) is 0 Å². The lowest BCUT2D eigenvalue weighted by molar-refractivity contribution is 0.557. The third-order valence-corrected chi connectivity index (χ3v) is 8.03. The summed E-state index contributed by atoms with van der Waals surface area (Å²) in [4.78, 5) is 4.70. The van der Waals surface area contributed by atoms with Crippen molar-refractivity contribution in [2.45, 2.75) is 103 Å². The molecule has 1 atom stereocenters. The van der Waals surface area contributed by atoms with Crippen LogP contribution in [-0.2, 0) is 22.0 Å². The maximum absolute atomic E-state index is 12.8. The molecule has 0 fully saturated rings. The molecule has 3 aromatic rings. The number of unbranched alkanes of at least 4 members (excludes halogenated alkanes) is 9. The van der Waals surface area contributed by atoms with Gasteiger partial charge in [0.15, 0.2) is 11.5 Å². The number of aromatic amines is 1. The van der Waals surface area contributed by atoms with Gasteiger partial charge in [-0.05, 0) is 12.0 Å². The van der Waals surface area contributed by atoms with Crippen molar-refractivity contribution in [1.29, 1.82) is 0 Å². The van der Waals surface area contributed by atoms with Crippen LogP contribution < -0.4 is 0 Å². The van der Waals surface area contributed by atoms with E-state index in [0.29, 0.717) is 22.2 Å². The summed E-state index contributed by atoms with van der Waals surface area (Å²) >= 11 is 6.59. The largest absolute Gasteiger partial charge is 0.278 e. The Kier molecular flexibility index (Phi) is 10.2. The van der Waals surface area contributed by atoms with Gasteiger partial charge < -0.3 is 0 Å². The SMILES string of the molecule is CCCCCCCCCCCCS(=O)Cc1ccccc1-c1nc2c(Cl)c(C(C)(C)C)[nH]n2n1. The first kappa shape index (κ1) is 26.9. The minimum atomic E-state index is -0.892. The van der Waals surface area contributed by atoms with E-state index in [1.807, 2.05) is 24.3 Å². The van der Waals surface area contributed by atoms with Gasteiger partial charge in [0.2, 0.25) is 0 Å². The predicted octanol–water partition coefficient (Wildman–Crippen LogP) is 7.84. The van der Waals surface area contributed by atoms with Gasteiger partial charge in [-0.25, -0.2) is 4.98 Å². The van der Waals surface area contributed by atoms with Crippen molar-refractivity contribution in [2.75, 3.05) is 5.75 Å². The van der Waals surface area contributed by atoms with Crippen molar-refractivity contribution >= 4 is 28.0 Å². The zero-order chi connectivity index (χ0) is 24.6. The molecule has 0 saturated heterocycles. The predicted molar refractivity (Wildman–Crippen MR) is 145 cm³/mol. The Bertz CT molecular complexity index is 1070. The molecule has 188 valence electrons. The van der Waals surface area contributed by atoms with Gasteiger partial charge in [-0.3, -0.25) is 9.31 Å². The fraction of sp³-hybridized carbons (Fsp3) is 0.630. The monoisotopic (exact) mass is 504 g/mol. The van der Waals surface area contributed by atoms with Crippen molar-refractivity contribution in [3.05, 3.63) is 40.5 Å². The molecule has 1 N–H and O–H groups in total. The Balaban J connectivity index is 1.51. The van der Waals surface area contributed by atoms with Crippen LogP contribution in [0.1, 0.15) is 103 Å². The number of halogens is 1. The summed E-state index contributed by atoms with van der Waals surface area (Å²) in [7, 11) is -0.892. The molecule has 0 radical (unpaired) electrons. The summed E-state index contributed by atoms with van der Waals surface area (Å²) in [6, 6.07) is 7.99. The van der Waals surface area contributed by atoms with Crippen LogP contribution in [-0.4, -0.2) is 29.8 Å². The Morgan fingerprint density at radius 3 is 2.21 bits per heavy atom. The van der Waals surface area contributed by atoms with Gasteiger partial charge >= 0.3 is 0 Å². The summed E-state index contributed by atoms with van der Waals surface area (Å²) in [5, 5.41) is 8.51. The van der Waals surface area contributed by atoms with Crippen molar-refractivity contribution in [1.82, 2.24) is 19.8 Å². The van der Waals surface area contributed by atoms with E-state index >= 15 is 0 Å². The minimum absolute atomic E-state index is 0.122. The molecule has 5 nitrogen and oxygen atoms in total. The Labute approximate surface area is 212 Å². The lowest BCUT2D eigenvalue weighted by Crippen LogP contribution is -2.13. The standard InChI is InChI=1S/C27H41ClN4OS/c1-5-6-7-8-9-10-11-12-13-16-19-34(33)20-21-17-14-15-18-22(21)25-29-26-23(28)24(27(2,3)4)30-32(26)31-25/h14-15,17-18,30H,5-13,16,19-20H2,1-4H3. The Morgan fingerprint density at radius 1 is 0.971 bits per heavy atom. The number of hydrogen-bond acceptors (Lipinski definition) is 3. The highest BCUT2D eigenvalue weighted by Crippen LogP contribution is 2.32. The van der Waals surface area contributed by atoms with E-state index in [9.17, 15) is 4.21 Å². The highest BCUT2D eigenvalue weighted by Gasteiger charge is 2.24. The normalized spacial score (nSPS) is 13.1. The highest BCUT2D eigenvalue weighted by molar-refractivity contribution is 7.84. The first-order valence-corrected chi connectivity index (χ1v) is 14.8. The fourth-order valence-electron chi connectivity index (χ4n) is 4.27. The lowest BCUT2D eigenvalue weighted by Gasteiger charge is -2.16. The number of nitrogens with zero attached hydrogens (tertiary/aromatic N) is 3. The van der Waals surface area contributed by atoms with Gasteiger partial charge in [0.05, 0.1) is 5.69 Å². The molecule has 34 heavy (non-hydrogen) atoms. The van der Waals surface area contributed by atoms with Gasteiger partial charge in [0.1, 0.15) is 5.02 Å². The van der Waals surface area contributed by atoms with E-state index in [0.717, 1.165) is 29.0 Å². The first-order valence-electron chi connectivity index (χ1n) is 12.9. The molecule has 3 rings (SSSR count). The van der Waals surface area contributed by atoms with Crippen LogP contribution in [0.2, 0.25) is 5.02 Å². The second-order valence-corrected chi connectivity index (χ2v) is 12.3. The second kappa shape index (κ2) is 12.9. The summed E-state index contributed by atoms with van der Waals surface area (Å²) in [6.45, 7) is 8.56. The van der Waals surface area contributed by atoms with Gasteiger partial charge in [0.25, 0.3) is 0 Å². The number of rotatable bonds is 14. The van der Waals surface area contributed by atoms with E-state index in [1.54, 1.807) is 4.63 Å². The Morgan fingerprint density at radius 2 is 1.59 bits per heavy atom. The van der Waals surface area contributed by atoms with E-state index in [4.69, 9.17) is 16.6 Å². The zero-order valence-electron chi connectivity index (χ0n) is 21.3. The molecule has 1 aromatic carbocycles. The first-order chi connectivity index (χ1) is 16.3. The lowest BCUT2D eigenvalue weighted by atomic mass is 9.92. The molecule has 0 aliphatic heterocycles. The average Bonchev–Trinajstić information content (AvgIpc) is 3.34. The number of aromatic nitrogens is 4. The molecule has 0 aliphatic rings. The van der Waals surface area contributed by atoms with E-state index in [-0.39, 0.29) is 5.41 Å². The molecule has 1 unspecified atom stereocenters. The maximum atomic E-state index is 12.8. The molecule has 2 heterocycles. The molecule has 0 spiro atoms. The van der Waals surface area contributed by atoms with Gasteiger partial charge in [-0.2, -0.15) is 4.63 Å². The molecule has 7 heteroatoms. The molecule has 0 amide bonds. The maximum Gasteiger partial charge on any atom is 0.194 e. The molecule has 0 bridgehead atoms. The van der Waals surface area contributed by atoms with Crippen LogP contribution in [0.5, 0.6) is 0 Å². The third-order valence-electron chi connectivity index (χ3n) is 6.29. The quantitative estimate of drug-likeness (QED) is 0.227. The zero-order valence-corrected chi connectivity index (χ0v) is 22.9. The smallest absolute Gasteiger partial charge is 0.194 e. The van der Waals surface area contributed by atoms with Crippen LogP contribution in [0.15, 0.2) is 24.3 Å². The number of benzene rings is 1. The van der Waals surface area contributed by atoms with Crippen molar-refractivity contribution < 1.29 is 4.21 Å². The number of nitrogens with one attached hydrogen (secondary N) is 1. The average molecular weight is 505 g/mol. The number of hydrogen-bond donors (Lipinski definition) is 1. The fourth-order valence-corrected chi connectivity index (χ4v) is 5.99. The van der Waals surface area contributed by atoms with Crippen molar-refractivity contribution in [3.63, 3.8) is 0 Å². The number of fused-ring (bicyclic) bond motifs is 1. The van der Waals surface area contributed by atoms with Crippen LogP contribution in [0.25, 0.3) is 17.0 Å². The third kappa shape index (κ3) is 7.42. The molecule has 0 saturated carbocycles.